The maximum absolute atomic E-state index is 12.3. The molecule has 0 amide bonds. The minimum absolute atomic E-state index is 0.141. The topological polar surface area (TPSA) is 75.7 Å². The molecule has 3 aliphatic rings. The van der Waals surface area contributed by atoms with Crippen LogP contribution in [0, 0.1) is 0 Å². The number of hydrogen-bond donors (Lipinski definition) is 0. The van der Waals surface area contributed by atoms with Gasteiger partial charge in [-0.05, 0) is 0 Å². The Hall–Kier alpha value is -0.906. The molecule has 0 radical (unpaired) electrons. The van der Waals surface area contributed by atoms with Crippen molar-refractivity contribution in [1.29, 1.82) is 0 Å². The van der Waals surface area contributed by atoms with Crippen molar-refractivity contribution in [2.75, 3.05) is 7.11 Å². The van der Waals surface area contributed by atoms with Crippen LogP contribution in [-0.2, 0) is 34.9 Å². The van der Waals surface area contributed by atoms with Crippen molar-refractivity contribution in [3.8, 4) is 0 Å². The minimum Gasteiger partial charge on any atom is -0.857 e. The monoisotopic (exact) mass is 426 g/mol. The molecular weight excluding hydrogens is 392 g/mol. The molecule has 0 bridgehead atoms. The van der Waals surface area contributed by atoms with Gasteiger partial charge in [-0.15, -0.1) is 0 Å². The van der Waals surface area contributed by atoms with Crippen molar-refractivity contribution in [3.63, 3.8) is 0 Å². The van der Waals surface area contributed by atoms with Crippen molar-refractivity contribution >= 4 is 11.9 Å². The van der Waals surface area contributed by atoms with Gasteiger partial charge in [0.05, 0.1) is 0 Å². The molecule has 0 atom stereocenters. The molecule has 0 saturated carbocycles. The summed E-state index contributed by atoms with van der Waals surface area (Å²) in [6.45, 7) is 3.95. The zero-order chi connectivity index (χ0) is 20.5. The van der Waals surface area contributed by atoms with Crippen LogP contribution in [-0.4, -0.2) is 19.0 Å². The van der Waals surface area contributed by atoms with E-state index in [1.54, 1.807) is 11.1 Å². The average Bonchev–Trinajstić information content (AvgIpc) is 3.04. The van der Waals surface area contributed by atoms with Gasteiger partial charge in [0.25, 0.3) is 0 Å². The van der Waals surface area contributed by atoms with Crippen LogP contribution in [0.4, 0.5) is 0 Å². The Labute approximate surface area is 176 Å². The van der Waals surface area contributed by atoms with Gasteiger partial charge in [-0.2, -0.15) is 7.11 Å². The first kappa shape index (κ1) is 23.4. The van der Waals surface area contributed by atoms with Gasteiger partial charge in [-0.3, -0.25) is 0 Å². The Morgan fingerprint density at radius 2 is 1.21 bits per heavy atom. The van der Waals surface area contributed by atoms with E-state index in [0.29, 0.717) is 12.8 Å². The van der Waals surface area contributed by atoms with E-state index in [0.717, 1.165) is 45.6 Å². The summed E-state index contributed by atoms with van der Waals surface area (Å²) < 4.78 is 12.0. The molecule has 0 saturated heterocycles. The fourth-order valence-corrected chi connectivity index (χ4v) is 7.89. The van der Waals surface area contributed by atoms with Crippen LogP contribution >= 0.6 is 0 Å². The van der Waals surface area contributed by atoms with Gasteiger partial charge in [0.15, 0.2) is 0 Å². The molecule has 0 aliphatic heterocycles. The molecule has 0 N–H and O–H groups in total. The zero-order valence-corrected chi connectivity index (χ0v) is 19.2. The van der Waals surface area contributed by atoms with Gasteiger partial charge in [-0.25, -0.2) is 0 Å². The Balaban J connectivity index is 0.00000136. The Morgan fingerprint density at radius 3 is 1.61 bits per heavy atom. The Morgan fingerprint density at radius 1 is 0.821 bits per heavy atom. The molecule has 0 aromatic rings. The van der Waals surface area contributed by atoms with E-state index in [1.807, 2.05) is 13.8 Å². The molecule has 0 aromatic carbocycles. The SMILES string of the molecule is CCCC(=O)[O][Ti+]([O]C(=O)CCC)[CH]1C2=C(CCCC2)C2=C1CCCC2.C[O-]. The van der Waals surface area contributed by atoms with Crippen LogP contribution in [0.5, 0.6) is 0 Å². The quantitative estimate of drug-likeness (QED) is 0.555. The van der Waals surface area contributed by atoms with E-state index in [-0.39, 0.29) is 16.2 Å². The van der Waals surface area contributed by atoms with Crippen LogP contribution in [0.15, 0.2) is 22.3 Å². The van der Waals surface area contributed by atoms with Crippen LogP contribution < -0.4 is 5.11 Å². The summed E-state index contributed by atoms with van der Waals surface area (Å²) in [6.07, 6.45) is 11.7. The molecule has 6 heteroatoms. The van der Waals surface area contributed by atoms with E-state index in [1.165, 1.54) is 36.8 Å². The van der Waals surface area contributed by atoms with Crippen LogP contribution in [0.3, 0.4) is 0 Å². The molecule has 0 aromatic heterocycles. The van der Waals surface area contributed by atoms with E-state index in [9.17, 15) is 9.59 Å². The summed E-state index contributed by atoms with van der Waals surface area (Å²) in [6, 6.07) is 0. The number of rotatable bonds is 7. The van der Waals surface area contributed by atoms with E-state index < -0.39 is 18.6 Å². The summed E-state index contributed by atoms with van der Waals surface area (Å²) >= 11 is -2.81. The average molecular weight is 426 g/mol. The summed E-state index contributed by atoms with van der Waals surface area (Å²) in [5.74, 6) is -0.371. The smallest absolute Gasteiger partial charge is 0.153 e. The molecule has 28 heavy (non-hydrogen) atoms. The number of hydrogen-bond acceptors (Lipinski definition) is 5. The van der Waals surface area contributed by atoms with Gasteiger partial charge >= 0.3 is 164 Å². The van der Waals surface area contributed by atoms with Crippen molar-refractivity contribution in [1.82, 2.24) is 0 Å². The first-order valence-corrected chi connectivity index (χ1v) is 13.0. The Bertz CT molecular complexity index is 570. The molecule has 0 heterocycles. The molecule has 5 nitrogen and oxygen atoms in total. The predicted octanol–water partition coefficient (Wildman–Crippen LogP) is 4.64. The van der Waals surface area contributed by atoms with Gasteiger partial charge < -0.3 is 5.11 Å². The molecule has 3 aliphatic carbocycles. The second-order valence-corrected chi connectivity index (χ2v) is 10.2. The van der Waals surface area contributed by atoms with E-state index >= 15 is 0 Å². The first-order chi connectivity index (χ1) is 13.7. The largest absolute Gasteiger partial charge is 0.857 e. The first-order valence-electron chi connectivity index (χ1n) is 10.8. The molecule has 3 rings (SSSR count). The van der Waals surface area contributed by atoms with Gasteiger partial charge in [0.2, 0.25) is 0 Å². The van der Waals surface area contributed by atoms with Crippen molar-refractivity contribution in [3.05, 3.63) is 22.3 Å². The van der Waals surface area contributed by atoms with E-state index in [4.69, 9.17) is 11.7 Å². The molecule has 0 spiro atoms. The fourth-order valence-electron chi connectivity index (χ4n) is 4.55. The standard InChI is InChI=1S/C13H17.2C4H8O2.CH3O.Ti/c1-3-7-12-10(5-1)9-11-6-2-4-8-13(11)12;2*1-2-3-4(5)6;1-2;/h9H,1-8H2;2*2-3H2,1H3,(H,5,6);1H3;/q;;;-1;+3/p-2. The summed E-state index contributed by atoms with van der Waals surface area (Å²) in [4.78, 5) is 24.5. The maximum atomic E-state index is 12.3. The molecule has 156 valence electrons. The molecule has 0 unspecified atom stereocenters. The van der Waals surface area contributed by atoms with Gasteiger partial charge in [0.1, 0.15) is 0 Å². The number of allylic oxidation sites excluding steroid dienone is 4. The molecule has 0 fully saturated rings. The van der Waals surface area contributed by atoms with Gasteiger partial charge in [0, 0.05) is 0 Å². The van der Waals surface area contributed by atoms with Crippen LogP contribution in [0.1, 0.15) is 90.9 Å². The van der Waals surface area contributed by atoms with Crippen molar-refractivity contribution in [2.45, 2.75) is 95.1 Å². The molecular formula is C22H34O5Ti. The second kappa shape index (κ2) is 11.9. The third-order valence-corrected chi connectivity index (χ3v) is 8.82. The third kappa shape index (κ3) is 5.58. The zero-order valence-electron chi connectivity index (χ0n) is 17.6. The van der Waals surface area contributed by atoms with Crippen LogP contribution in [0.25, 0.3) is 0 Å². The second-order valence-electron chi connectivity index (χ2n) is 7.62. The van der Waals surface area contributed by atoms with E-state index in [2.05, 4.69) is 0 Å². The predicted molar refractivity (Wildman–Crippen MR) is 103 cm³/mol. The number of fused-ring (bicyclic) bond motifs is 1. The normalized spacial score (nSPS) is 18.7. The summed E-state index contributed by atoms with van der Waals surface area (Å²) in [5, 5.41) is 8.25. The third-order valence-electron chi connectivity index (χ3n) is 5.66. The van der Waals surface area contributed by atoms with Gasteiger partial charge in [-0.1, -0.05) is 0 Å². The minimum atomic E-state index is -2.81. The number of carbonyl (C=O) groups is 2. The fraction of sp³-hybridized carbons (Fsp3) is 0.727. The number of carbonyl (C=O) groups excluding carboxylic acids is 2. The summed E-state index contributed by atoms with van der Waals surface area (Å²) in [7, 11) is 0.750. The summed E-state index contributed by atoms with van der Waals surface area (Å²) in [5.41, 5.74) is 6.01. The van der Waals surface area contributed by atoms with Crippen LogP contribution in [0.2, 0.25) is 4.22 Å². The Kier molecular flexibility index (Phi) is 9.97. The maximum Gasteiger partial charge on any atom is -0.153 e. The van der Waals surface area contributed by atoms with Crippen molar-refractivity contribution < 1.29 is 40.0 Å². The van der Waals surface area contributed by atoms with Crippen molar-refractivity contribution in [2.24, 2.45) is 0 Å².